The van der Waals surface area contributed by atoms with Crippen LogP contribution in [0.15, 0.2) is 28.3 Å². The minimum absolute atomic E-state index is 0.161. The SMILES string of the molecule is CCOC1CCCN(c2cccc(SC)c2/C(N)=N/O)C1. The zero-order valence-electron chi connectivity index (χ0n) is 12.6. The molecule has 21 heavy (non-hydrogen) atoms. The van der Waals surface area contributed by atoms with Gasteiger partial charge in [0.2, 0.25) is 0 Å². The molecule has 3 N–H and O–H groups in total. The van der Waals surface area contributed by atoms with E-state index >= 15 is 0 Å². The molecule has 5 nitrogen and oxygen atoms in total. The molecule has 1 atom stereocenters. The van der Waals surface area contributed by atoms with Gasteiger partial charge in [-0.2, -0.15) is 0 Å². The largest absolute Gasteiger partial charge is 0.409 e. The van der Waals surface area contributed by atoms with E-state index in [-0.39, 0.29) is 11.9 Å². The Hall–Kier alpha value is -1.40. The molecule has 0 radical (unpaired) electrons. The minimum atomic E-state index is 0.161. The number of thioether (sulfide) groups is 1. The number of ether oxygens (including phenoxy) is 1. The highest BCUT2D eigenvalue weighted by molar-refractivity contribution is 7.98. The number of benzene rings is 1. The highest BCUT2D eigenvalue weighted by atomic mass is 32.2. The Morgan fingerprint density at radius 2 is 2.38 bits per heavy atom. The Morgan fingerprint density at radius 3 is 3.05 bits per heavy atom. The fourth-order valence-electron chi connectivity index (χ4n) is 2.79. The van der Waals surface area contributed by atoms with E-state index in [1.54, 1.807) is 11.8 Å². The maximum atomic E-state index is 9.08. The van der Waals surface area contributed by atoms with Crippen LogP contribution < -0.4 is 10.6 Å². The quantitative estimate of drug-likeness (QED) is 0.287. The van der Waals surface area contributed by atoms with E-state index in [1.807, 2.05) is 31.4 Å². The molecule has 1 aromatic rings. The maximum Gasteiger partial charge on any atom is 0.173 e. The summed E-state index contributed by atoms with van der Waals surface area (Å²) in [6, 6.07) is 6.03. The summed E-state index contributed by atoms with van der Waals surface area (Å²) in [5, 5.41) is 12.3. The van der Waals surface area contributed by atoms with Crippen LogP contribution in [0.4, 0.5) is 5.69 Å². The Kier molecular flexibility index (Phi) is 5.76. The van der Waals surface area contributed by atoms with Crippen molar-refractivity contribution in [2.24, 2.45) is 10.9 Å². The molecule has 0 aliphatic carbocycles. The fraction of sp³-hybridized carbons (Fsp3) is 0.533. The Labute approximate surface area is 130 Å². The zero-order chi connectivity index (χ0) is 15.2. The van der Waals surface area contributed by atoms with E-state index in [0.717, 1.165) is 48.7 Å². The Balaban J connectivity index is 2.34. The van der Waals surface area contributed by atoms with Crippen LogP contribution in [0.1, 0.15) is 25.3 Å². The average Bonchev–Trinajstić information content (AvgIpc) is 2.54. The number of hydrogen-bond donors (Lipinski definition) is 2. The highest BCUT2D eigenvalue weighted by Crippen LogP contribution is 2.31. The molecular formula is C15H23N3O2S. The maximum absolute atomic E-state index is 9.08. The van der Waals surface area contributed by atoms with E-state index in [1.165, 1.54) is 0 Å². The van der Waals surface area contributed by atoms with Crippen molar-refractivity contribution in [3.05, 3.63) is 23.8 Å². The van der Waals surface area contributed by atoms with Gasteiger partial charge in [-0.15, -0.1) is 11.8 Å². The monoisotopic (exact) mass is 309 g/mol. The van der Waals surface area contributed by atoms with Crippen LogP contribution >= 0.6 is 11.8 Å². The summed E-state index contributed by atoms with van der Waals surface area (Å²) in [6.07, 6.45) is 4.42. The number of nitrogens with zero attached hydrogens (tertiary/aromatic N) is 2. The molecule has 1 aromatic carbocycles. The van der Waals surface area contributed by atoms with Crippen molar-refractivity contribution in [2.75, 3.05) is 30.9 Å². The molecule has 1 saturated heterocycles. The molecule has 0 saturated carbocycles. The lowest BCUT2D eigenvalue weighted by Gasteiger charge is -2.35. The minimum Gasteiger partial charge on any atom is -0.409 e. The van der Waals surface area contributed by atoms with E-state index in [9.17, 15) is 0 Å². The van der Waals surface area contributed by atoms with Gasteiger partial charge in [0.15, 0.2) is 5.84 Å². The number of nitrogens with two attached hydrogens (primary N) is 1. The molecule has 1 unspecified atom stereocenters. The summed E-state index contributed by atoms with van der Waals surface area (Å²) < 4.78 is 5.76. The number of rotatable bonds is 5. The van der Waals surface area contributed by atoms with Crippen LogP contribution in [0.2, 0.25) is 0 Å². The summed E-state index contributed by atoms with van der Waals surface area (Å²) in [5.41, 5.74) is 7.73. The van der Waals surface area contributed by atoms with Crippen molar-refractivity contribution in [3.63, 3.8) is 0 Å². The Morgan fingerprint density at radius 1 is 1.57 bits per heavy atom. The highest BCUT2D eigenvalue weighted by Gasteiger charge is 2.24. The molecule has 0 spiro atoms. The molecule has 116 valence electrons. The van der Waals surface area contributed by atoms with Gasteiger partial charge in [0.05, 0.1) is 11.7 Å². The van der Waals surface area contributed by atoms with Crippen molar-refractivity contribution >= 4 is 23.3 Å². The molecule has 1 fully saturated rings. The first-order chi connectivity index (χ1) is 10.2. The molecule has 0 bridgehead atoms. The summed E-state index contributed by atoms with van der Waals surface area (Å²) in [7, 11) is 0. The van der Waals surface area contributed by atoms with E-state index in [0.29, 0.717) is 0 Å². The summed E-state index contributed by atoms with van der Waals surface area (Å²) in [5.74, 6) is 0.161. The summed E-state index contributed by atoms with van der Waals surface area (Å²) in [6.45, 7) is 4.57. The van der Waals surface area contributed by atoms with Crippen LogP contribution in [0.3, 0.4) is 0 Å². The molecule has 1 aliphatic rings. The van der Waals surface area contributed by atoms with Gasteiger partial charge in [-0.05, 0) is 38.2 Å². The third kappa shape index (κ3) is 3.63. The number of hydrogen-bond acceptors (Lipinski definition) is 5. The predicted molar refractivity (Wildman–Crippen MR) is 87.6 cm³/mol. The first-order valence-electron chi connectivity index (χ1n) is 7.22. The molecule has 1 heterocycles. The van der Waals surface area contributed by atoms with Gasteiger partial charge in [0, 0.05) is 30.3 Å². The van der Waals surface area contributed by atoms with Crippen LogP contribution in [0.25, 0.3) is 0 Å². The number of anilines is 1. The van der Waals surface area contributed by atoms with Crippen molar-refractivity contribution < 1.29 is 9.94 Å². The lowest BCUT2D eigenvalue weighted by atomic mass is 10.0. The molecular weight excluding hydrogens is 286 g/mol. The predicted octanol–water partition coefficient (Wildman–Crippen LogP) is 2.51. The summed E-state index contributed by atoms with van der Waals surface area (Å²) >= 11 is 1.60. The second kappa shape index (κ2) is 7.56. The van der Waals surface area contributed by atoms with E-state index in [4.69, 9.17) is 15.7 Å². The van der Waals surface area contributed by atoms with Crippen molar-refractivity contribution in [2.45, 2.75) is 30.8 Å². The first kappa shape index (κ1) is 16.0. The van der Waals surface area contributed by atoms with Crippen LogP contribution in [-0.4, -0.2) is 43.1 Å². The molecule has 1 aliphatic heterocycles. The first-order valence-corrected chi connectivity index (χ1v) is 8.45. The topological polar surface area (TPSA) is 71.1 Å². The van der Waals surface area contributed by atoms with Gasteiger partial charge < -0.3 is 20.6 Å². The number of oxime groups is 1. The lowest BCUT2D eigenvalue weighted by molar-refractivity contribution is 0.0526. The number of amidine groups is 1. The van der Waals surface area contributed by atoms with Crippen molar-refractivity contribution in [3.8, 4) is 0 Å². The van der Waals surface area contributed by atoms with Gasteiger partial charge >= 0.3 is 0 Å². The number of piperidine rings is 1. The lowest BCUT2D eigenvalue weighted by Crippen LogP contribution is -2.40. The second-order valence-corrected chi connectivity index (χ2v) is 5.85. The molecule has 0 aromatic heterocycles. The Bertz CT molecular complexity index is 506. The van der Waals surface area contributed by atoms with E-state index in [2.05, 4.69) is 10.1 Å². The van der Waals surface area contributed by atoms with Crippen molar-refractivity contribution in [1.82, 2.24) is 0 Å². The standard InChI is InChI=1S/C15H23N3O2S/c1-3-20-11-6-5-9-18(10-11)12-7-4-8-13(21-2)14(12)15(16)17-19/h4,7-8,11,19H,3,5-6,9-10H2,1-2H3,(H2,16,17). The van der Waals surface area contributed by atoms with Gasteiger partial charge in [0.25, 0.3) is 0 Å². The van der Waals surface area contributed by atoms with Gasteiger partial charge in [-0.1, -0.05) is 11.2 Å². The average molecular weight is 309 g/mol. The van der Waals surface area contributed by atoms with Crippen LogP contribution in [0.5, 0.6) is 0 Å². The second-order valence-electron chi connectivity index (χ2n) is 5.01. The third-order valence-corrected chi connectivity index (χ3v) is 4.49. The normalized spacial score (nSPS) is 19.8. The van der Waals surface area contributed by atoms with Gasteiger partial charge in [-0.3, -0.25) is 0 Å². The zero-order valence-corrected chi connectivity index (χ0v) is 13.4. The summed E-state index contributed by atoms with van der Waals surface area (Å²) in [4.78, 5) is 3.29. The van der Waals surface area contributed by atoms with E-state index < -0.39 is 0 Å². The van der Waals surface area contributed by atoms with Crippen LogP contribution in [-0.2, 0) is 4.74 Å². The molecule has 6 heteroatoms. The molecule has 2 rings (SSSR count). The smallest absolute Gasteiger partial charge is 0.173 e. The third-order valence-electron chi connectivity index (χ3n) is 3.71. The van der Waals surface area contributed by atoms with Crippen LogP contribution in [0, 0.1) is 0 Å². The van der Waals surface area contributed by atoms with Gasteiger partial charge in [-0.25, -0.2) is 0 Å². The van der Waals surface area contributed by atoms with Crippen molar-refractivity contribution in [1.29, 1.82) is 0 Å². The molecule has 0 amide bonds. The fourth-order valence-corrected chi connectivity index (χ4v) is 3.42. The van der Waals surface area contributed by atoms with Gasteiger partial charge in [0.1, 0.15) is 0 Å².